The first-order chi connectivity index (χ1) is 32.2. The number of carbonyl (C=O) groups excluding carboxylic acids is 2. The summed E-state index contributed by atoms with van der Waals surface area (Å²) in [6, 6.07) is 43.6. The molecule has 0 unspecified atom stereocenters. The van der Waals surface area contributed by atoms with Crippen LogP contribution in [0.15, 0.2) is 156 Å². The number of amidine groups is 2. The summed E-state index contributed by atoms with van der Waals surface area (Å²) in [5, 5.41) is 41.7. The van der Waals surface area contributed by atoms with Gasteiger partial charge >= 0.3 is 0 Å². The Kier molecular flexibility index (Phi) is 12.1. The Morgan fingerprint density at radius 3 is 1.48 bits per heavy atom. The number of amides is 2. The van der Waals surface area contributed by atoms with Crippen LogP contribution in [0.2, 0.25) is 0 Å². The van der Waals surface area contributed by atoms with Crippen molar-refractivity contribution in [3.63, 3.8) is 0 Å². The van der Waals surface area contributed by atoms with Crippen LogP contribution < -0.4 is 31.9 Å². The van der Waals surface area contributed by atoms with Crippen LogP contribution in [-0.4, -0.2) is 59.5 Å². The average Bonchev–Trinajstić information content (AvgIpc) is 4.16. The van der Waals surface area contributed by atoms with Gasteiger partial charge in [-0.25, -0.2) is 0 Å². The average molecular weight is 879 g/mol. The molecule has 16 heteroatoms. The molecule has 0 bridgehead atoms. The van der Waals surface area contributed by atoms with Gasteiger partial charge in [-0.15, -0.1) is 0 Å². The maximum absolute atomic E-state index is 13.0. The van der Waals surface area contributed by atoms with Crippen LogP contribution in [0.4, 0.5) is 34.1 Å². The van der Waals surface area contributed by atoms with Gasteiger partial charge in [0.05, 0.1) is 45.5 Å². The molecule has 0 saturated heterocycles. The molecule has 0 atom stereocenters. The summed E-state index contributed by atoms with van der Waals surface area (Å²) >= 11 is 0. The summed E-state index contributed by atoms with van der Waals surface area (Å²) in [7, 11) is 0. The van der Waals surface area contributed by atoms with Crippen molar-refractivity contribution in [1.29, 1.82) is 0 Å². The summed E-state index contributed by atoms with van der Waals surface area (Å²) in [6.07, 6.45) is 1.44. The summed E-state index contributed by atoms with van der Waals surface area (Å²) in [5.41, 5.74) is 9.30. The van der Waals surface area contributed by atoms with E-state index in [1.54, 1.807) is 12.1 Å². The Morgan fingerprint density at radius 2 is 1.02 bits per heavy atom. The van der Waals surface area contributed by atoms with Crippen LogP contribution in [0.25, 0.3) is 22.5 Å². The summed E-state index contributed by atoms with van der Waals surface area (Å²) < 4.78 is 0. The molecule has 6 aromatic rings. The number of aliphatic imine (C=N–C) groups is 2. The molecule has 0 spiro atoms. The van der Waals surface area contributed by atoms with Crippen LogP contribution in [-0.2, 0) is 22.4 Å². The smallest absolute Gasteiger partial charge is 0.270 e. The molecule has 0 radical (unpaired) electrons. The van der Waals surface area contributed by atoms with Gasteiger partial charge in [-0.3, -0.25) is 39.8 Å². The number of nitrogens with zero attached hydrogens (tertiary/aromatic N) is 4. The molecule has 4 aliphatic heterocycles. The Balaban J connectivity index is 0.000000166. The number of anilines is 4. The highest BCUT2D eigenvalue weighted by Gasteiger charge is 2.32. The lowest BCUT2D eigenvalue weighted by Crippen LogP contribution is -2.20. The third-order valence-corrected chi connectivity index (χ3v) is 11.2. The molecule has 0 fully saturated rings. The lowest BCUT2D eigenvalue weighted by atomic mass is 9.99. The van der Waals surface area contributed by atoms with Gasteiger partial charge in [0, 0.05) is 84.1 Å². The number of rotatable bonds is 12. The van der Waals surface area contributed by atoms with Gasteiger partial charge in [-0.05, 0) is 58.7 Å². The van der Waals surface area contributed by atoms with Crippen molar-refractivity contribution in [2.75, 3.05) is 47.4 Å². The highest BCUT2D eigenvalue weighted by molar-refractivity contribution is 6.38. The highest BCUT2D eigenvalue weighted by Crippen LogP contribution is 2.41. The molecule has 6 aromatic carbocycles. The predicted octanol–water partition coefficient (Wildman–Crippen LogP) is 8.14. The fourth-order valence-corrected chi connectivity index (χ4v) is 8.07. The van der Waals surface area contributed by atoms with Crippen molar-refractivity contribution in [1.82, 2.24) is 10.6 Å². The Hall–Kier alpha value is -8.92. The maximum atomic E-state index is 13.0. The number of non-ortho nitro benzene ring substituents is 2. The number of carbonyl (C=O) groups is 2. The quantitative estimate of drug-likeness (QED) is 0.0394. The van der Waals surface area contributed by atoms with Gasteiger partial charge in [-0.1, -0.05) is 84.9 Å². The van der Waals surface area contributed by atoms with Gasteiger partial charge < -0.3 is 31.9 Å². The van der Waals surface area contributed by atoms with Crippen LogP contribution in [0.5, 0.6) is 0 Å². The van der Waals surface area contributed by atoms with Crippen LogP contribution in [0, 0.1) is 20.2 Å². The van der Waals surface area contributed by atoms with Gasteiger partial charge in [-0.2, -0.15) is 0 Å². The van der Waals surface area contributed by atoms with Crippen LogP contribution in [0.1, 0.15) is 33.4 Å². The van der Waals surface area contributed by atoms with E-state index < -0.39 is 9.85 Å². The monoisotopic (exact) mass is 878 g/mol. The maximum Gasteiger partial charge on any atom is 0.270 e. The fourth-order valence-electron chi connectivity index (χ4n) is 8.07. The Morgan fingerprint density at radius 1 is 0.530 bits per heavy atom. The Labute approximate surface area is 378 Å². The normalized spacial score (nSPS) is 15.9. The number of nitrogens with one attached hydrogen (secondary N) is 6. The molecule has 6 N–H and O–H groups in total. The Bertz CT molecular complexity index is 3020. The van der Waals surface area contributed by atoms with Crippen molar-refractivity contribution in [3.05, 3.63) is 199 Å². The minimum atomic E-state index is -0.460. The third kappa shape index (κ3) is 9.38. The van der Waals surface area contributed by atoms with E-state index in [0.717, 1.165) is 77.9 Å². The first-order valence-corrected chi connectivity index (χ1v) is 21.2. The van der Waals surface area contributed by atoms with Crippen LogP contribution in [0.3, 0.4) is 0 Å². The molecule has 328 valence electrons. The zero-order valence-corrected chi connectivity index (χ0v) is 35.3. The molecular formula is C50H42N10O6. The summed E-state index contributed by atoms with van der Waals surface area (Å²) in [6.45, 7) is 3.34. The van der Waals surface area contributed by atoms with Crippen molar-refractivity contribution in [2.24, 2.45) is 9.98 Å². The number of nitro groups is 2. The number of benzene rings is 6. The van der Waals surface area contributed by atoms with E-state index >= 15 is 0 Å². The molecule has 2 amide bonds. The van der Waals surface area contributed by atoms with Gasteiger partial charge in [0.15, 0.2) is 0 Å². The number of hydrogen-bond acceptors (Lipinski definition) is 12. The van der Waals surface area contributed by atoms with Gasteiger partial charge in [0.1, 0.15) is 11.7 Å². The molecule has 0 saturated carbocycles. The van der Waals surface area contributed by atoms with E-state index in [1.807, 2.05) is 109 Å². The minimum Gasteiger partial charge on any atom is -0.372 e. The highest BCUT2D eigenvalue weighted by atomic mass is 16.6. The molecule has 4 heterocycles. The summed E-state index contributed by atoms with van der Waals surface area (Å²) in [4.78, 5) is 56.6. The van der Waals surface area contributed by atoms with Gasteiger partial charge in [0.2, 0.25) is 0 Å². The van der Waals surface area contributed by atoms with Gasteiger partial charge in [0.25, 0.3) is 23.2 Å². The molecule has 16 nitrogen and oxygen atoms in total. The molecule has 4 aliphatic rings. The van der Waals surface area contributed by atoms with E-state index in [0.29, 0.717) is 51.5 Å². The topological polar surface area (TPSA) is 217 Å². The molecular weight excluding hydrogens is 837 g/mol. The second-order valence-electron chi connectivity index (χ2n) is 15.6. The molecule has 66 heavy (non-hydrogen) atoms. The van der Waals surface area contributed by atoms with Crippen molar-refractivity contribution in [2.45, 2.75) is 12.8 Å². The minimum absolute atomic E-state index is 0.0667. The first kappa shape index (κ1) is 42.4. The lowest BCUT2D eigenvalue weighted by Gasteiger charge is -2.15. The number of hydrogen-bond donors (Lipinski definition) is 6. The van der Waals surface area contributed by atoms with E-state index in [9.17, 15) is 29.8 Å². The molecule has 0 aliphatic carbocycles. The van der Waals surface area contributed by atoms with E-state index in [1.165, 1.54) is 24.3 Å². The first-order valence-electron chi connectivity index (χ1n) is 21.2. The van der Waals surface area contributed by atoms with E-state index in [-0.39, 0.29) is 23.2 Å². The molecule has 10 rings (SSSR count). The second kappa shape index (κ2) is 18.8. The van der Waals surface area contributed by atoms with Crippen molar-refractivity contribution in [3.8, 4) is 0 Å². The standard InChI is InChI=1S/2C25H21N5O3/c31-25-23(20-15-19(30(32)33)9-10-21(20)29-25)24(17-6-2-1-3-7-17)28-18-8-4-5-16(13-18)14-22-26-11-12-27-22;31-25-23(20-15-19(30(32)33)10-11-21(20)29-25)24(17-4-2-1-3-5-17)28-18-8-6-16(7-9-18)14-22-26-12-13-27-22/h1-10,13,15,28H,11-12,14H2,(H,26,27)(H,29,31);1-11,15,28H,12-14H2,(H,26,27)(H,29,31)/b2*24-23-. The SMILES string of the molecule is O=C1Nc2ccc([N+](=O)[O-])cc2/C1=C(/Nc1ccc(CC2=NCCN2)cc1)c1ccccc1.O=C1Nc2ccc([N+](=O)[O-])cc2/C1=C(/Nc1cccc(CC2=NCCN2)c1)c1ccccc1. The van der Waals surface area contributed by atoms with Crippen LogP contribution >= 0.6 is 0 Å². The number of fused-ring (bicyclic) bond motifs is 2. The van der Waals surface area contributed by atoms with Crippen molar-refractivity contribution < 1.29 is 19.4 Å². The second-order valence-corrected chi connectivity index (χ2v) is 15.6. The van der Waals surface area contributed by atoms with E-state index in [2.05, 4.69) is 41.9 Å². The third-order valence-electron chi connectivity index (χ3n) is 11.2. The zero-order chi connectivity index (χ0) is 45.6. The number of nitro benzene ring substituents is 2. The summed E-state index contributed by atoms with van der Waals surface area (Å²) in [5.74, 6) is 1.34. The largest absolute Gasteiger partial charge is 0.372 e. The molecule has 0 aromatic heterocycles. The fraction of sp³-hybridized carbons (Fsp3) is 0.120. The van der Waals surface area contributed by atoms with E-state index in [4.69, 9.17) is 0 Å². The van der Waals surface area contributed by atoms with Crippen molar-refractivity contribution >= 4 is 80.2 Å². The predicted molar refractivity (Wildman–Crippen MR) is 258 cm³/mol. The lowest BCUT2D eigenvalue weighted by molar-refractivity contribution is -0.385. The zero-order valence-electron chi connectivity index (χ0n) is 35.3.